The van der Waals surface area contributed by atoms with E-state index in [1.54, 1.807) is 0 Å². The van der Waals surface area contributed by atoms with E-state index in [1.807, 2.05) is 0 Å². The van der Waals surface area contributed by atoms with E-state index in [1.165, 1.54) is 25.7 Å². The predicted octanol–water partition coefficient (Wildman–Crippen LogP) is 2.96. The maximum absolute atomic E-state index is 10.0. The van der Waals surface area contributed by atoms with Gasteiger partial charge in [-0.3, -0.25) is 0 Å². The lowest BCUT2D eigenvalue weighted by molar-refractivity contribution is -0.278. The highest BCUT2D eigenvalue weighted by Gasteiger charge is 2.61. The van der Waals surface area contributed by atoms with Gasteiger partial charge in [0.25, 0.3) is 0 Å². The highest BCUT2D eigenvalue weighted by molar-refractivity contribution is 5.07. The predicted molar refractivity (Wildman–Crippen MR) is 73.7 cm³/mol. The van der Waals surface area contributed by atoms with Crippen molar-refractivity contribution < 1.29 is 14.6 Å². The third-order valence-electron chi connectivity index (χ3n) is 6.34. The summed E-state index contributed by atoms with van der Waals surface area (Å²) in [6.45, 7) is 8.71. The molecule has 0 aromatic carbocycles. The van der Waals surface area contributed by atoms with Crippen LogP contribution in [0.2, 0.25) is 0 Å². The Morgan fingerprint density at radius 2 is 1.74 bits per heavy atom. The van der Waals surface area contributed by atoms with Gasteiger partial charge >= 0.3 is 0 Å². The van der Waals surface area contributed by atoms with Gasteiger partial charge in [0.15, 0.2) is 5.79 Å². The van der Waals surface area contributed by atoms with Crippen LogP contribution in [0.4, 0.5) is 0 Å². The van der Waals surface area contributed by atoms with E-state index in [-0.39, 0.29) is 17.9 Å². The van der Waals surface area contributed by atoms with E-state index >= 15 is 0 Å². The molecular formula is C16H28O3. The van der Waals surface area contributed by atoms with Crippen LogP contribution in [0, 0.1) is 22.7 Å². The lowest BCUT2D eigenvalue weighted by Crippen LogP contribution is -2.60. The van der Waals surface area contributed by atoms with E-state index in [0.717, 1.165) is 6.42 Å². The molecule has 3 aliphatic rings. The quantitative estimate of drug-likeness (QED) is 0.794. The van der Waals surface area contributed by atoms with Crippen LogP contribution in [-0.2, 0) is 9.47 Å². The number of rotatable bonds is 1. The fourth-order valence-corrected chi connectivity index (χ4v) is 5.49. The molecule has 0 amide bonds. The zero-order chi connectivity index (χ0) is 13.7. The molecule has 3 fully saturated rings. The smallest absolute Gasteiger partial charge is 0.174 e. The number of fused-ring (bicyclic) bond motifs is 1. The molecule has 110 valence electrons. The molecule has 3 nitrogen and oxygen atoms in total. The highest BCUT2D eigenvalue weighted by atomic mass is 16.7. The van der Waals surface area contributed by atoms with Crippen molar-refractivity contribution in [2.45, 2.75) is 58.7 Å². The van der Waals surface area contributed by atoms with Crippen LogP contribution in [0.5, 0.6) is 0 Å². The Balaban J connectivity index is 1.96. The molecule has 0 unspecified atom stereocenters. The SMILES string of the molecule is CC1(C)CCC[C@]2(C)[C@@H]1CCC1(OCCO1)[C@H]2CO. The number of aliphatic hydroxyl groups is 1. The lowest BCUT2D eigenvalue weighted by atomic mass is 9.47. The molecule has 1 N–H and O–H groups in total. The zero-order valence-corrected chi connectivity index (χ0v) is 12.6. The van der Waals surface area contributed by atoms with Gasteiger partial charge in [-0.2, -0.15) is 0 Å². The Kier molecular flexibility index (Phi) is 3.23. The molecule has 1 aliphatic heterocycles. The third-order valence-corrected chi connectivity index (χ3v) is 6.34. The summed E-state index contributed by atoms with van der Waals surface area (Å²) < 4.78 is 12.0. The summed E-state index contributed by atoms with van der Waals surface area (Å²) in [5, 5.41) is 10.0. The van der Waals surface area contributed by atoms with Crippen LogP contribution in [0.1, 0.15) is 52.9 Å². The lowest BCUT2D eigenvalue weighted by Gasteiger charge is -2.60. The van der Waals surface area contributed by atoms with Crippen LogP contribution < -0.4 is 0 Å². The van der Waals surface area contributed by atoms with Crippen LogP contribution >= 0.6 is 0 Å². The molecule has 0 aromatic heterocycles. The van der Waals surface area contributed by atoms with Crippen molar-refractivity contribution in [1.82, 2.24) is 0 Å². The average molecular weight is 268 g/mol. The maximum atomic E-state index is 10.0. The van der Waals surface area contributed by atoms with Gasteiger partial charge in [-0.05, 0) is 36.0 Å². The Bertz CT molecular complexity index is 346. The van der Waals surface area contributed by atoms with Crippen LogP contribution in [0.25, 0.3) is 0 Å². The minimum Gasteiger partial charge on any atom is -0.396 e. The summed E-state index contributed by atoms with van der Waals surface area (Å²) in [6, 6.07) is 0. The second kappa shape index (κ2) is 4.44. The first-order valence-corrected chi connectivity index (χ1v) is 7.83. The summed E-state index contributed by atoms with van der Waals surface area (Å²) in [5.74, 6) is 0.304. The van der Waals surface area contributed by atoms with Crippen molar-refractivity contribution >= 4 is 0 Å². The number of aliphatic hydroxyl groups excluding tert-OH is 1. The van der Waals surface area contributed by atoms with Gasteiger partial charge in [-0.15, -0.1) is 0 Å². The fraction of sp³-hybridized carbons (Fsp3) is 1.00. The summed E-state index contributed by atoms with van der Waals surface area (Å²) >= 11 is 0. The molecule has 3 rings (SSSR count). The van der Waals surface area contributed by atoms with Crippen molar-refractivity contribution in [2.24, 2.45) is 22.7 Å². The minimum absolute atomic E-state index is 0.126. The Hall–Kier alpha value is -0.120. The Labute approximate surface area is 116 Å². The van der Waals surface area contributed by atoms with Crippen molar-refractivity contribution in [3.8, 4) is 0 Å². The van der Waals surface area contributed by atoms with Crippen molar-refractivity contribution in [2.75, 3.05) is 19.8 Å². The van der Waals surface area contributed by atoms with E-state index in [0.29, 0.717) is 24.5 Å². The van der Waals surface area contributed by atoms with Crippen molar-refractivity contribution in [3.05, 3.63) is 0 Å². The van der Waals surface area contributed by atoms with Gasteiger partial charge in [0, 0.05) is 12.3 Å². The maximum Gasteiger partial charge on any atom is 0.174 e. The summed E-state index contributed by atoms with van der Waals surface area (Å²) in [6.07, 6.45) is 5.87. The first-order chi connectivity index (χ1) is 8.95. The monoisotopic (exact) mass is 268 g/mol. The zero-order valence-electron chi connectivity index (χ0n) is 12.6. The van der Waals surface area contributed by atoms with Gasteiger partial charge in [0.2, 0.25) is 0 Å². The second-order valence-electron chi connectivity index (χ2n) is 7.68. The molecule has 3 heteroatoms. The molecule has 19 heavy (non-hydrogen) atoms. The molecular weight excluding hydrogens is 240 g/mol. The number of hydrogen-bond donors (Lipinski definition) is 1. The van der Waals surface area contributed by atoms with E-state index in [4.69, 9.17) is 9.47 Å². The average Bonchev–Trinajstić information content (AvgIpc) is 2.77. The molecule has 0 aromatic rings. The van der Waals surface area contributed by atoms with Crippen molar-refractivity contribution in [1.29, 1.82) is 0 Å². The molecule has 2 saturated carbocycles. The van der Waals surface area contributed by atoms with Crippen LogP contribution in [0.3, 0.4) is 0 Å². The minimum atomic E-state index is -0.493. The van der Waals surface area contributed by atoms with Gasteiger partial charge in [-0.1, -0.05) is 27.2 Å². The van der Waals surface area contributed by atoms with E-state index in [2.05, 4.69) is 20.8 Å². The van der Waals surface area contributed by atoms with Gasteiger partial charge in [-0.25, -0.2) is 0 Å². The molecule has 0 bridgehead atoms. The van der Waals surface area contributed by atoms with E-state index < -0.39 is 5.79 Å². The van der Waals surface area contributed by atoms with Crippen molar-refractivity contribution in [3.63, 3.8) is 0 Å². The standard InChI is InChI=1S/C16H28O3/c1-14(2)6-4-7-15(3)12(14)5-8-16(13(15)11-17)18-9-10-19-16/h12-13,17H,4-11H2,1-3H3/t12-,13+,15-/m1/s1. The van der Waals surface area contributed by atoms with E-state index in [9.17, 15) is 5.11 Å². The number of hydrogen-bond acceptors (Lipinski definition) is 3. The second-order valence-corrected chi connectivity index (χ2v) is 7.68. The molecule has 1 spiro atoms. The topological polar surface area (TPSA) is 38.7 Å². The van der Waals surface area contributed by atoms with Gasteiger partial charge in [0.05, 0.1) is 19.8 Å². The molecule has 1 saturated heterocycles. The fourth-order valence-electron chi connectivity index (χ4n) is 5.49. The molecule has 2 aliphatic carbocycles. The van der Waals surface area contributed by atoms with Gasteiger partial charge < -0.3 is 14.6 Å². The Morgan fingerprint density at radius 1 is 1.05 bits per heavy atom. The normalized spacial score (nSPS) is 44.2. The molecule has 0 radical (unpaired) electrons. The Morgan fingerprint density at radius 3 is 2.37 bits per heavy atom. The molecule has 1 heterocycles. The summed E-state index contributed by atoms with van der Waals surface area (Å²) in [7, 11) is 0. The third kappa shape index (κ3) is 1.89. The summed E-state index contributed by atoms with van der Waals surface area (Å²) in [4.78, 5) is 0. The van der Waals surface area contributed by atoms with Crippen LogP contribution in [-0.4, -0.2) is 30.7 Å². The first kappa shape index (κ1) is 13.8. The largest absolute Gasteiger partial charge is 0.396 e. The van der Waals surface area contributed by atoms with Crippen LogP contribution in [0.15, 0.2) is 0 Å². The highest BCUT2D eigenvalue weighted by Crippen LogP contribution is 2.63. The summed E-state index contributed by atoms with van der Waals surface area (Å²) in [5.41, 5.74) is 0.528. The van der Waals surface area contributed by atoms with Gasteiger partial charge in [0.1, 0.15) is 0 Å². The first-order valence-electron chi connectivity index (χ1n) is 7.83. The molecule has 3 atom stereocenters. The number of ether oxygens (including phenoxy) is 2.